The maximum Gasteiger partial charge on any atom is 0.342 e. The molecule has 0 unspecified atom stereocenters. The average Bonchev–Trinajstić information content (AvgIpc) is 2.90. The first-order chi connectivity index (χ1) is 12.5. The lowest BCUT2D eigenvalue weighted by atomic mass is 9.88. The molecule has 0 radical (unpaired) electrons. The number of amides is 2. The van der Waals surface area contributed by atoms with Crippen molar-refractivity contribution in [2.45, 2.75) is 38.4 Å². The van der Waals surface area contributed by atoms with E-state index in [9.17, 15) is 29.3 Å². The van der Waals surface area contributed by atoms with Crippen molar-refractivity contribution in [2.24, 2.45) is 28.9 Å². The third kappa shape index (κ3) is 5.65. The summed E-state index contributed by atoms with van der Waals surface area (Å²) in [7, 11) is 0. The van der Waals surface area contributed by atoms with Crippen molar-refractivity contribution in [2.75, 3.05) is 0 Å². The van der Waals surface area contributed by atoms with Crippen molar-refractivity contribution < 1.29 is 24.1 Å². The minimum absolute atomic E-state index is 0.166. The Morgan fingerprint density at radius 2 is 1.56 bits per heavy atom. The van der Waals surface area contributed by atoms with Crippen LogP contribution in [-0.4, -0.2) is 49.9 Å². The number of imidazole rings is 1. The second-order valence-electron chi connectivity index (χ2n) is 5.94. The quantitative estimate of drug-likeness (QED) is 0.176. The normalized spacial score (nSPS) is 13.2. The standard InChI is InChI=1S/C14H21N7O6/c1-6-19-4-12(21(26)27)20(6)5-7(13(24)8(15)2-10(17)22)14(25)9(16)3-11(18)23/h4,7-9H,2-3,5,15-16H2,1H3,(H2,17,22)(H2,18,23)/t8-,9-/m1/s1. The van der Waals surface area contributed by atoms with Gasteiger partial charge in [-0.05, 0) is 4.92 Å². The van der Waals surface area contributed by atoms with E-state index in [4.69, 9.17) is 22.9 Å². The number of Topliss-reactive ketones (excluding diaryl/α,β-unsaturated/α-hetero) is 2. The number of hydrogen-bond donors (Lipinski definition) is 4. The minimum atomic E-state index is -1.56. The van der Waals surface area contributed by atoms with Crippen molar-refractivity contribution in [3.63, 3.8) is 0 Å². The van der Waals surface area contributed by atoms with Crippen LogP contribution in [0.1, 0.15) is 18.7 Å². The fraction of sp³-hybridized carbons (Fsp3) is 0.500. The molecule has 0 aromatic carbocycles. The summed E-state index contributed by atoms with van der Waals surface area (Å²) in [6, 6.07) is -2.83. The van der Waals surface area contributed by atoms with Gasteiger partial charge in [-0.2, -0.15) is 0 Å². The number of aryl methyl sites for hydroxylation is 1. The molecule has 2 amide bonds. The molecule has 0 saturated heterocycles. The highest BCUT2D eigenvalue weighted by molar-refractivity contribution is 6.08. The summed E-state index contributed by atoms with van der Waals surface area (Å²) in [5.74, 6) is -5.35. The summed E-state index contributed by atoms with van der Waals surface area (Å²) in [6.45, 7) is 0.949. The van der Waals surface area contributed by atoms with E-state index < -0.39 is 71.5 Å². The van der Waals surface area contributed by atoms with E-state index in [0.717, 1.165) is 10.8 Å². The molecular formula is C14H21N7O6. The van der Waals surface area contributed by atoms with Crippen LogP contribution in [0, 0.1) is 23.0 Å². The molecule has 8 N–H and O–H groups in total. The Hall–Kier alpha value is -3.19. The van der Waals surface area contributed by atoms with Gasteiger partial charge in [-0.25, -0.2) is 9.55 Å². The fourth-order valence-corrected chi connectivity index (χ4v) is 2.48. The summed E-state index contributed by atoms with van der Waals surface area (Å²) in [6.07, 6.45) is -0.0919. The maximum absolute atomic E-state index is 12.6. The number of carbonyl (C=O) groups excluding carboxylic acids is 4. The van der Waals surface area contributed by atoms with Crippen LogP contribution in [0.25, 0.3) is 0 Å². The lowest BCUT2D eigenvalue weighted by Gasteiger charge is -2.20. The van der Waals surface area contributed by atoms with Gasteiger partial charge in [-0.15, -0.1) is 0 Å². The predicted molar refractivity (Wildman–Crippen MR) is 90.7 cm³/mol. The third-order valence-corrected chi connectivity index (χ3v) is 3.85. The number of nitrogens with two attached hydrogens (primary N) is 4. The van der Waals surface area contributed by atoms with Crippen LogP contribution in [-0.2, 0) is 25.7 Å². The van der Waals surface area contributed by atoms with Crippen molar-refractivity contribution in [1.29, 1.82) is 0 Å². The van der Waals surface area contributed by atoms with Gasteiger partial charge in [0.25, 0.3) is 0 Å². The summed E-state index contributed by atoms with van der Waals surface area (Å²) in [5.41, 5.74) is 21.3. The summed E-state index contributed by atoms with van der Waals surface area (Å²) >= 11 is 0. The molecule has 1 heterocycles. The van der Waals surface area contributed by atoms with Crippen LogP contribution >= 0.6 is 0 Å². The van der Waals surface area contributed by atoms with Gasteiger partial charge in [0.05, 0.1) is 12.1 Å². The molecular weight excluding hydrogens is 362 g/mol. The van der Waals surface area contributed by atoms with E-state index in [0.29, 0.717) is 0 Å². The van der Waals surface area contributed by atoms with Gasteiger partial charge in [0.15, 0.2) is 17.4 Å². The number of nitrogens with zero attached hydrogens (tertiary/aromatic N) is 3. The summed E-state index contributed by atoms with van der Waals surface area (Å²) < 4.78 is 1.04. The monoisotopic (exact) mass is 383 g/mol. The first-order valence-electron chi connectivity index (χ1n) is 7.77. The number of hydrogen-bond acceptors (Lipinski definition) is 9. The second-order valence-corrected chi connectivity index (χ2v) is 5.94. The van der Waals surface area contributed by atoms with Gasteiger partial charge < -0.3 is 33.0 Å². The maximum atomic E-state index is 12.6. The van der Waals surface area contributed by atoms with Crippen LogP contribution in [0.4, 0.5) is 5.82 Å². The van der Waals surface area contributed by atoms with Crippen LogP contribution in [0.2, 0.25) is 0 Å². The zero-order valence-electron chi connectivity index (χ0n) is 14.5. The van der Waals surface area contributed by atoms with E-state index in [1.165, 1.54) is 6.92 Å². The number of rotatable bonds is 11. The molecule has 0 bridgehead atoms. The Morgan fingerprint density at radius 1 is 1.11 bits per heavy atom. The average molecular weight is 383 g/mol. The number of aromatic nitrogens is 2. The van der Waals surface area contributed by atoms with Crippen molar-refractivity contribution in [3.8, 4) is 0 Å². The Labute approximate surface area is 153 Å². The van der Waals surface area contributed by atoms with Gasteiger partial charge in [-0.1, -0.05) is 0 Å². The Bertz CT molecular complexity index is 740. The number of primary amides is 2. The van der Waals surface area contributed by atoms with Crippen LogP contribution in [0.15, 0.2) is 6.20 Å². The largest absolute Gasteiger partial charge is 0.370 e. The second kappa shape index (κ2) is 8.95. The van der Waals surface area contributed by atoms with Crippen molar-refractivity contribution >= 4 is 29.2 Å². The number of ketones is 2. The molecule has 1 aromatic rings. The molecule has 13 heteroatoms. The minimum Gasteiger partial charge on any atom is -0.370 e. The zero-order chi connectivity index (χ0) is 20.9. The molecule has 1 aromatic heterocycles. The van der Waals surface area contributed by atoms with E-state index >= 15 is 0 Å². The Kier molecular flexibility index (Phi) is 7.25. The van der Waals surface area contributed by atoms with E-state index in [1.807, 2.05) is 0 Å². The highest BCUT2D eigenvalue weighted by Crippen LogP contribution is 2.19. The molecule has 0 saturated carbocycles. The van der Waals surface area contributed by atoms with E-state index in [-0.39, 0.29) is 5.82 Å². The predicted octanol–water partition coefficient (Wildman–Crippen LogP) is -2.74. The first-order valence-corrected chi connectivity index (χ1v) is 7.77. The van der Waals surface area contributed by atoms with Crippen LogP contribution < -0.4 is 22.9 Å². The molecule has 27 heavy (non-hydrogen) atoms. The highest BCUT2D eigenvalue weighted by atomic mass is 16.6. The molecule has 0 aliphatic rings. The van der Waals surface area contributed by atoms with Crippen molar-refractivity contribution in [3.05, 3.63) is 22.1 Å². The van der Waals surface area contributed by atoms with Gasteiger partial charge in [-0.3, -0.25) is 19.2 Å². The SMILES string of the molecule is Cc1ncc([N+](=O)[O-])n1CC(C(=O)[C@H](N)CC(N)=O)C(=O)[C@H](N)CC(N)=O. The Balaban J connectivity index is 3.25. The Morgan fingerprint density at radius 3 is 1.93 bits per heavy atom. The number of carbonyl (C=O) groups is 4. The lowest BCUT2D eigenvalue weighted by Crippen LogP contribution is -2.48. The van der Waals surface area contributed by atoms with Gasteiger partial charge in [0.1, 0.15) is 18.7 Å². The van der Waals surface area contributed by atoms with Crippen molar-refractivity contribution in [1.82, 2.24) is 9.55 Å². The van der Waals surface area contributed by atoms with E-state index in [1.54, 1.807) is 0 Å². The molecule has 1 rings (SSSR count). The summed E-state index contributed by atoms with van der Waals surface area (Å²) in [4.78, 5) is 61.4. The smallest absolute Gasteiger partial charge is 0.342 e. The highest BCUT2D eigenvalue weighted by Gasteiger charge is 2.37. The molecule has 148 valence electrons. The number of nitro groups is 1. The molecule has 0 spiro atoms. The van der Waals surface area contributed by atoms with Crippen LogP contribution in [0.5, 0.6) is 0 Å². The molecule has 0 fully saturated rings. The third-order valence-electron chi connectivity index (χ3n) is 3.85. The summed E-state index contributed by atoms with van der Waals surface area (Å²) in [5, 5.41) is 11.1. The van der Waals surface area contributed by atoms with Gasteiger partial charge >= 0.3 is 5.82 Å². The molecule has 0 aliphatic heterocycles. The van der Waals surface area contributed by atoms with E-state index in [2.05, 4.69) is 4.98 Å². The molecule has 13 nitrogen and oxygen atoms in total. The van der Waals surface area contributed by atoms with Crippen LogP contribution in [0.3, 0.4) is 0 Å². The molecule has 2 atom stereocenters. The zero-order valence-corrected chi connectivity index (χ0v) is 14.5. The van der Waals surface area contributed by atoms with Gasteiger partial charge in [0.2, 0.25) is 11.8 Å². The lowest BCUT2D eigenvalue weighted by molar-refractivity contribution is -0.392. The first kappa shape index (κ1) is 21.9. The molecule has 0 aliphatic carbocycles. The topological polar surface area (TPSA) is 233 Å². The fourth-order valence-electron chi connectivity index (χ4n) is 2.48. The van der Waals surface area contributed by atoms with Gasteiger partial charge in [0, 0.05) is 19.8 Å².